The second kappa shape index (κ2) is 4.10. The van der Waals surface area contributed by atoms with Gasteiger partial charge in [-0.25, -0.2) is 0 Å². The molecule has 0 amide bonds. The quantitative estimate of drug-likeness (QED) is 0.721. The molecule has 1 saturated carbocycles. The number of carbonyl (C=O) groups is 1. The average molecular weight is 213 g/mol. The lowest BCUT2D eigenvalue weighted by Gasteiger charge is -2.39. The highest BCUT2D eigenvalue weighted by atomic mass is 16.5. The molecule has 15 heavy (non-hydrogen) atoms. The van der Waals surface area contributed by atoms with E-state index in [0.717, 1.165) is 25.7 Å². The minimum absolute atomic E-state index is 0.0810. The number of aliphatic carboxylic acids is 1. The van der Waals surface area contributed by atoms with Gasteiger partial charge in [0.1, 0.15) is 0 Å². The van der Waals surface area contributed by atoms with Gasteiger partial charge in [0.2, 0.25) is 0 Å². The Bertz CT molecular complexity index is 240. The summed E-state index contributed by atoms with van der Waals surface area (Å²) in [5.74, 6) is -0.693. The molecule has 1 aliphatic heterocycles. The molecule has 2 rings (SSSR count). The fourth-order valence-corrected chi connectivity index (χ4v) is 2.84. The molecule has 1 saturated heterocycles. The Balaban J connectivity index is 2.13. The average Bonchev–Trinajstić information content (AvgIpc) is 2.72. The normalized spacial score (nSPS) is 41.7. The first kappa shape index (κ1) is 10.9. The molecule has 2 fully saturated rings. The molecule has 0 aromatic carbocycles. The van der Waals surface area contributed by atoms with Gasteiger partial charge in [0, 0.05) is 12.6 Å². The van der Waals surface area contributed by atoms with Gasteiger partial charge in [0.05, 0.1) is 11.5 Å². The van der Waals surface area contributed by atoms with Crippen LogP contribution < -0.4 is 5.73 Å². The van der Waals surface area contributed by atoms with Crippen molar-refractivity contribution >= 4 is 5.97 Å². The Morgan fingerprint density at radius 3 is 2.47 bits per heavy atom. The van der Waals surface area contributed by atoms with Crippen LogP contribution in [0, 0.1) is 5.41 Å². The highest BCUT2D eigenvalue weighted by molar-refractivity contribution is 5.75. The van der Waals surface area contributed by atoms with Crippen molar-refractivity contribution in [2.75, 3.05) is 6.61 Å². The first-order valence-corrected chi connectivity index (χ1v) is 5.76. The van der Waals surface area contributed by atoms with E-state index in [0.29, 0.717) is 19.4 Å². The highest BCUT2D eigenvalue weighted by Gasteiger charge is 2.49. The molecule has 0 spiro atoms. The standard InChI is InChI=1S/C11H19NO3/c12-8-3-5-11(6-4-8,10(13)14)9-2-1-7-15-9/h8-9H,1-7,12H2,(H,13,14). The van der Waals surface area contributed by atoms with Gasteiger partial charge in [-0.1, -0.05) is 0 Å². The summed E-state index contributed by atoms with van der Waals surface area (Å²) >= 11 is 0. The summed E-state index contributed by atoms with van der Waals surface area (Å²) in [5, 5.41) is 9.41. The van der Waals surface area contributed by atoms with E-state index in [2.05, 4.69) is 0 Å². The lowest BCUT2D eigenvalue weighted by molar-refractivity contribution is -0.161. The largest absolute Gasteiger partial charge is 0.481 e. The molecule has 0 radical (unpaired) electrons. The lowest BCUT2D eigenvalue weighted by atomic mass is 9.68. The highest BCUT2D eigenvalue weighted by Crippen LogP contribution is 2.43. The first-order chi connectivity index (χ1) is 7.15. The van der Waals surface area contributed by atoms with Crippen LogP contribution >= 0.6 is 0 Å². The molecule has 1 atom stereocenters. The van der Waals surface area contributed by atoms with Crippen molar-refractivity contribution < 1.29 is 14.6 Å². The predicted molar refractivity (Wildman–Crippen MR) is 55.5 cm³/mol. The van der Waals surface area contributed by atoms with Crippen molar-refractivity contribution in [1.29, 1.82) is 0 Å². The monoisotopic (exact) mass is 213 g/mol. The van der Waals surface area contributed by atoms with Crippen LogP contribution in [0.5, 0.6) is 0 Å². The number of ether oxygens (including phenoxy) is 1. The van der Waals surface area contributed by atoms with Gasteiger partial charge < -0.3 is 15.6 Å². The lowest BCUT2D eigenvalue weighted by Crippen LogP contribution is -2.47. The Hall–Kier alpha value is -0.610. The van der Waals surface area contributed by atoms with Crippen LogP contribution in [-0.2, 0) is 9.53 Å². The van der Waals surface area contributed by atoms with Crippen LogP contribution in [0.1, 0.15) is 38.5 Å². The van der Waals surface area contributed by atoms with Gasteiger partial charge in [0.25, 0.3) is 0 Å². The maximum atomic E-state index is 11.4. The van der Waals surface area contributed by atoms with E-state index >= 15 is 0 Å². The van der Waals surface area contributed by atoms with E-state index in [-0.39, 0.29) is 12.1 Å². The third kappa shape index (κ3) is 1.88. The topological polar surface area (TPSA) is 72.6 Å². The van der Waals surface area contributed by atoms with E-state index in [1.54, 1.807) is 0 Å². The zero-order valence-electron chi connectivity index (χ0n) is 8.95. The summed E-state index contributed by atoms with van der Waals surface area (Å²) in [6.07, 6.45) is 4.77. The molecule has 1 unspecified atom stereocenters. The van der Waals surface area contributed by atoms with Crippen LogP contribution in [0.25, 0.3) is 0 Å². The molecule has 0 aromatic heterocycles. The molecule has 3 N–H and O–H groups in total. The number of carboxylic acid groups (broad SMARTS) is 1. The van der Waals surface area contributed by atoms with Crippen molar-refractivity contribution in [3.05, 3.63) is 0 Å². The van der Waals surface area contributed by atoms with E-state index in [1.165, 1.54) is 0 Å². The number of nitrogens with two attached hydrogens (primary N) is 1. The van der Waals surface area contributed by atoms with Crippen molar-refractivity contribution in [1.82, 2.24) is 0 Å². The van der Waals surface area contributed by atoms with Crippen LogP contribution in [0.4, 0.5) is 0 Å². The fraction of sp³-hybridized carbons (Fsp3) is 0.909. The van der Waals surface area contributed by atoms with E-state index in [9.17, 15) is 9.90 Å². The van der Waals surface area contributed by atoms with Gasteiger partial charge >= 0.3 is 5.97 Å². The Morgan fingerprint density at radius 2 is 2.00 bits per heavy atom. The molecule has 0 aromatic rings. The summed E-state index contributed by atoms with van der Waals surface area (Å²) in [5.41, 5.74) is 5.17. The van der Waals surface area contributed by atoms with Gasteiger partial charge in [-0.3, -0.25) is 4.79 Å². The molecule has 0 bridgehead atoms. The Morgan fingerprint density at radius 1 is 1.33 bits per heavy atom. The van der Waals surface area contributed by atoms with Crippen LogP contribution in [0.15, 0.2) is 0 Å². The van der Waals surface area contributed by atoms with Crippen molar-refractivity contribution in [2.45, 2.75) is 50.7 Å². The van der Waals surface area contributed by atoms with Crippen molar-refractivity contribution in [2.24, 2.45) is 11.1 Å². The van der Waals surface area contributed by atoms with Gasteiger partial charge in [-0.15, -0.1) is 0 Å². The second-order valence-corrected chi connectivity index (χ2v) is 4.80. The van der Waals surface area contributed by atoms with Gasteiger partial charge in [-0.2, -0.15) is 0 Å². The number of rotatable bonds is 2. The third-order valence-electron chi connectivity index (χ3n) is 3.89. The summed E-state index contributed by atoms with van der Waals surface area (Å²) in [4.78, 5) is 11.4. The first-order valence-electron chi connectivity index (χ1n) is 5.76. The smallest absolute Gasteiger partial charge is 0.312 e. The minimum atomic E-state index is -0.693. The van der Waals surface area contributed by atoms with Crippen LogP contribution in [0.2, 0.25) is 0 Å². The van der Waals surface area contributed by atoms with Gasteiger partial charge in [-0.05, 0) is 38.5 Å². The Labute approximate surface area is 89.8 Å². The van der Waals surface area contributed by atoms with Crippen LogP contribution in [-0.4, -0.2) is 29.8 Å². The van der Waals surface area contributed by atoms with Crippen LogP contribution in [0.3, 0.4) is 0 Å². The molecule has 4 heteroatoms. The predicted octanol–water partition coefficient (Wildman–Crippen LogP) is 1.14. The van der Waals surface area contributed by atoms with Crippen molar-refractivity contribution in [3.63, 3.8) is 0 Å². The SMILES string of the molecule is NC1CCC(C(=O)O)(C2CCCO2)CC1. The fourth-order valence-electron chi connectivity index (χ4n) is 2.84. The maximum Gasteiger partial charge on any atom is 0.312 e. The second-order valence-electron chi connectivity index (χ2n) is 4.80. The van der Waals surface area contributed by atoms with E-state index in [1.807, 2.05) is 0 Å². The summed E-state index contributed by atoms with van der Waals surface area (Å²) in [6, 6.07) is 0.180. The summed E-state index contributed by atoms with van der Waals surface area (Å²) in [7, 11) is 0. The number of hydrogen-bond donors (Lipinski definition) is 2. The number of carboxylic acids is 1. The van der Waals surface area contributed by atoms with Gasteiger partial charge in [0.15, 0.2) is 0 Å². The molecule has 4 nitrogen and oxygen atoms in total. The molecule has 2 aliphatic rings. The summed E-state index contributed by atoms with van der Waals surface area (Å²) in [6.45, 7) is 0.714. The zero-order valence-corrected chi connectivity index (χ0v) is 8.95. The zero-order chi connectivity index (χ0) is 10.9. The molecular formula is C11H19NO3. The Kier molecular flexibility index (Phi) is 2.98. The number of hydrogen-bond acceptors (Lipinski definition) is 3. The summed E-state index contributed by atoms with van der Waals surface area (Å²) < 4.78 is 5.57. The molecular weight excluding hydrogens is 194 g/mol. The molecule has 1 heterocycles. The van der Waals surface area contributed by atoms with Crippen molar-refractivity contribution in [3.8, 4) is 0 Å². The van der Waals surface area contributed by atoms with E-state index in [4.69, 9.17) is 10.5 Å². The van der Waals surface area contributed by atoms with E-state index < -0.39 is 11.4 Å². The molecule has 1 aliphatic carbocycles. The third-order valence-corrected chi connectivity index (χ3v) is 3.89. The minimum Gasteiger partial charge on any atom is -0.481 e. The molecule has 86 valence electrons. The maximum absolute atomic E-state index is 11.4.